The van der Waals surface area contributed by atoms with Crippen molar-refractivity contribution in [2.45, 2.75) is 6.42 Å². The summed E-state index contributed by atoms with van der Waals surface area (Å²) < 4.78 is 1.29. The molecule has 0 aliphatic heterocycles. The van der Waals surface area contributed by atoms with Gasteiger partial charge in [-0.15, -0.1) is 0 Å². The lowest BCUT2D eigenvalue weighted by Gasteiger charge is -2.09. The smallest absolute Gasteiger partial charge is 0.266 e. The van der Waals surface area contributed by atoms with E-state index in [4.69, 9.17) is 0 Å². The van der Waals surface area contributed by atoms with E-state index >= 15 is 0 Å². The molecule has 3 aromatic carbocycles. The van der Waals surface area contributed by atoms with Gasteiger partial charge in [-0.05, 0) is 34.9 Å². The largest absolute Gasteiger partial charge is 0.326 e. The molecule has 1 amide bonds. The van der Waals surface area contributed by atoms with Crippen molar-refractivity contribution in [1.29, 1.82) is 0 Å². The maximum atomic E-state index is 12.5. The molecule has 0 fully saturated rings. The van der Waals surface area contributed by atoms with Crippen LogP contribution in [0, 0.1) is 0 Å². The Labute approximate surface area is 174 Å². The van der Waals surface area contributed by atoms with Crippen LogP contribution in [-0.4, -0.2) is 15.7 Å². The van der Waals surface area contributed by atoms with Crippen LogP contribution in [0.2, 0.25) is 0 Å². The number of hydrogen-bond acceptors (Lipinski definition) is 3. The topological polar surface area (TPSA) is 64.0 Å². The number of carbonyl (C=O) groups excluding carboxylic acids is 1. The number of benzene rings is 3. The normalized spacial score (nSPS) is 10.6. The second kappa shape index (κ2) is 8.57. The fraction of sp³-hybridized carbons (Fsp3) is 0.0800. The zero-order chi connectivity index (χ0) is 20.9. The Bertz CT molecular complexity index is 1230. The average molecular weight is 395 g/mol. The van der Waals surface area contributed by atoms with Crippen molar-refractivity contribution < 1.29 is 4.79 Å². The van der Waals surface area contributed by atoms with E-state index in [1.54, 1.807) is 13.1 Å². The van der Waals surface area contributed by atoms with Crippen LogP contribution >= 0.6 is 0 Å². The Morgan fingerprint density at radius 2 is 1.53 bits per heavy atom. The lowest BCUT2D eigenvalue weighted by atomic mass is 10.0. The molecule has 0 radical (unpaired) electrons. The molecule has 1 N–H and O–H groups in total. The van der Waals surface area contributed by atoms with Crippen molar-refractivity contribution in [1.82, 2.24) is 9.78 Å². The lowest BCUT2D eigenvalue weighted by Crippen LogP contribution is -2.18. The molecule has 148 valence electrons. The van der Waals surface area contributed by atoms with Crippen LogP contribution in [0.3, 0.4) is 0 Å². The van der Waals surface area contributed by atoms with Gasteiger partial charge in [0.25, 0.3) is 5.56 Å². The third kappa shape index (κ3) is 4.52. The summed E-state index contributed by atoms with van der Waals surface area (Å²) in [6.45, 7) is 0. The fourth-order valence-electron chi connectivity index (χ4n) is 3.25. The molecular weight excluding hydrogens is 374 g/mol. The molecule has 0 saturated carbocycles. The Morgan fingerprint density at radius 1 is 0.833 bits per heavy atom. The quantitative estimate of drug-likeness (QED) is 0.548. The first-order valence-corrected chi connectivity index (χ1v) is 9.67. The number of anilines is 1. The third-order valence-electron chi connectivity index (χ3n) is 4.83. The number of aryl methyl sites for hydroxylation is 1. The highest BCUT2D eigenvalue weighted by molar-refractivity contribution is 5.93. The monoisotopic (exact) mass is 395 g/mol. The molecule has 5 heteroatoms. The number of nitrogens with zero attached hydrogens (tertiary/aromatic N) is 2. The first kappa shape index (κ1) is 19.3. The van der Waals surface area contributed by atoms with Gasteiger partial charge >= 0.3 is 0 Å². The van der Waals surface area contributed by atoms with Crippen molar-refractivity contribution in [3.63, 3.8) is 0 Å². The minimum Gasteiger partial charge on any atom is -0.326 e. The number of amides is 1. The zero-order valence-corrected chi connectivity index (χ0v) is 16.6. The summed E-state index contributed by atoms with van der Waals surface area (Å²) >= 11 is 0. The molecule has 0 aliphatic rings. The van der Waals surface area contributed by atoms with E-state index in [-0.39, 0.29) is 17.9 Å². The van der Waals surface area contributed by atoms with Crippen molar-refractivity contribution in [3.8, 4) is 22.4 Å². The van der Waals surface area contributed by atoms with Gasteiger partial charge in [0.15, 0.2) is 0 Å². The molecule has 0 aliphatic carbocycles. The highest BCUT2D eigenvalue weighted by Crippen LogP contribution is 2.21. The standard InChI is InChI=1S/C25H21N3O2/c1-28-25(30)15-14-23(27-28)21-8-5-9-22(17-21)26-24(29)16-18-10-12-20(13-11-18)19-6-3-2-4-7-19/h2-15,17H,16H2,1H3,(H,26,29). The summed E-state index contributed by atoms with van der Waals surface area (Å²) in [4.78, 5) is 24.0. The summed E-state index contributed by atoms with van der Waals surface area (Å²) in [6.07, 6.45) is 0.289. The van der Waals surface area contributed by atoms with Gasteiger partial charge in [-0.3, -0.25) is 9.59 Å². The third-order valence-corrected chi connectivity index (χ3v) is 4.83. The van der Waals surface area contributed by atoms with Crippen LogP contribution in [0.5, 0.6) is 0 Å². The predicted molar refractivity (Wildman–Crippen MR) is 119 cm³/mol. The number of carbonyl (C=O) groups is 1. The summed E-state index contributed by atoms with van der Waals surface area (Å²) in [5, 5.41) is 7.19. The van der Waals surface area contributed by atoms with Gasteiger partial charge in [-0.2, -0.15) is 5.10 Å². The fourth-order valence-corrected chi connectivity index (χ4v) is 3.25. The van der Waals surface area contributed by atoms with Crippen LogP contribution in [0.4, 0.5) is 5.69 Å². The highest BCUT2D eigenvalue weighted by atomic mass is 16.1. The van der Waals surface area contributed by atoms with Gasteiger partial charge in [0.1, 0.15) is 0 Å². The highest BCUT2D eigenvalue weighted by Gasteiger charge is 2.07. The second-order valence-electron chi connectivity index (χ2n) is 7.05. The molecule has 1 heterocycles. The average Bonchev–Trinajstić information content (AvgIpc) is 2.77. The molecule has 1 aromatic heterocycles. The van der Waals surface area contributed by atoms with Gasteiger partial charge in [-0.25, -0.2) is 4.68 Å². The summed E-state index contributed by atoms with van der Waals surface area (Å²) in [7, 11) is 1.61. The van der Waals surface area contributed by atoms with E-state index in [0.717, 1.165) is 22.3 Å². The van der Waals surface area contributed by atoms with Gasteiger partial charge in [0, 0.05) is 24.4 Å². The first-order chi connectivity index (χ1) is 14.6. The molecule has 30 heavy (non-hydrogen) atoms. The van der Waals surface area contributed by atoms with Crippen LogP contribution in [0.1, 0.15) is 5.56 Å². The van der Waals surface area contributed by atoms with Gasteiger partial charge in [0.05, 0.1) is 12.1 Å². The van der Waals surface area contributed by atoms with Gasteiger partial charge < -0.3 is 5.32 Å². The molecule has 4 rings (SSSR count). The summed E-state index contributed by atoms with van der Waals surface area (Å²) in [6, 6.07) is 28.7. The van der Waals surface area contributed by atoms with E-state index in [0.29, 0.717) is 11.4 Å². The van der Waals surface area contributed by atoms with Crippen molar-refractivity contribution in [2.75, 3.05) is 5.32 Å². The second-order valence-corrected chi connectivity index (χ2v) is 7.05. The molecule has 0 bridgehead atoms. The lowest BCUT2D eigenvalue weighted by molar-refractivity contribution is -0.115. The minimum absolute atomic E-state index is 0.0898. The molecule has 0 atom stereocenters. The van der Waals surface area contributed by atoms with Crippen LogP contribution in [0.25, 0.3) is 22.4 Å². The molecular formula is C25H21N3O2. The van der Waals surface area contributed by atoms with E-state index in [1.165, 1.54) is 10.7 Å². The van der Waals surface area contributed by atoms with Crippen LogP contribution in [0.15, 0.2) is 95.8 Å². The Morgan fingerprint density at radius 3 is 2.27 bits per heavy atom. The predicted octanol–water partition coefficient (Wildman–Crippen LogP) is 4.30. The van der Waals surface area contributed by atoms with Crippen molar-refractivity contribution in [2.24, 2.45) is 7.05 Å². The molecule has 0 saturated heterocycles. The maximum Gasteiger partial charge on any atom is 0.266 e. The summed E-state index contributed by atoms with van der Waals surface area (Å²) in [5.74, 6) is -0.0898. The Balaban J connectivity index is 1.44. The number of hydrogen-bond donors (Lipinski definition) is 1. The van der Waals surface area contributed by atoms with E-state index < -0.39 is 0 Å². The van der Waals surface area contributed by atoms with E-state index in [9.17, 15) is 9.59 Å². The number of rotatable bonds is 5. The Hall–Kier alpha value is -3.99. The van der Waals surface area contributed by atoms with Gasteiger partial charge in [0.2, 0.25) is 5.91 Å². The Kier molecular flexibility index (Phi) is 5.52. The van der Waals surface area contributed by atoms with E-state index in [1.807, 2.05) is 66.7 Å². The molecule has 0 unspecified atom stereocenters. The van der Waals surface area contributed by atoms with Crippen molar-refractivity contribution >= 4 is 11.6 Å². The molecule has 4 aromatic rings. The SMILES string of the molecule is Cn1nc(-c2cccc(NC(=O)Cc3ccc(-c4ccccc4)cc3)c2)ccc1=O. The number of aromatic nitrogens is 2. The van der Waals surface area contributed by atoms with Crippen molar-refractivity contribution in [3.05, 3.63) is 107 Å². The maximum absolute atomic E-state index is 12.5. The molecule has 0 spiro atoms. The zero-order valence-electron chi connectivity index (χ0n) is 16.6. The molecule has 5 nitrogen and oxygen atoms in total. The van der Waals surface area contributed by atoms with Crippen LogP contribution in [-0.2, 0) is 18.3 Å². The van der Waals surface area contributed by atoms with E-state index in [2.05, 4.69) is 22.5 Å². The number of nitrogens with one attached hydrogen (secondary N) is 1. The van der Waals surface area contributed by atoms with Gasteiger partial charge in [-0.1, -0.05) is 66.7 Å². The summed E-state index contributed by atoms with van der Waals surface area (Å²) in [5.41, 5.74) is 5.24. The first-order valence-electron chi connectivity index (χ1n) is 9.67. The minimum atomic E-state index is -0.165. The van der Waals surface area contributed by atoms with Crippen LogP contribution < -0.4 is 10.9 Å².